The van der Waals surface area contributed by atoms with Crippen LogP contribution in [0.1, 0.15) is 27.4 Å². The second kappa shape index (κ2) is 4.78. The van der Waals surface area contributed by atoms with Crippen LogP contribution in [0.3, 0.4) is 0 Å². The molecule has 0 N–H and O–H groups in total. The Bertz CT molecular complexity index is 698. The Labute approximate surface area is 123 Å². The topological polar surface area (TPSA) is 20.3 Å². The van der Waals surface area contributed by atoms with E-state index in [4.69, 9.17) is 0 Å². The molecule has 21 heavy (non-hydrogen) atoms. The minimum Gasteiger partial charge on any atom is -0.298 e. The van der Waals surface area contributed by atoms with Crippen LogP contribution >= 0.6 is 0 Å². The number of likely N-dealkylation sites (tertiary alicyclic amines) is 1. The average molecular weight is 281 g/mol. The number of hydrogen-bond acceptors (Lipinski definition) is 2. The van der Waals surface area contributed by atoms with Gasteiger partial charge in [0.1, 0.15) is 5.82 Å². The second-order valence-electron chi connectivity index (χ2n) is 5.99. The van der Waals surface area contributed by atoms with Crippen LogP contribution in [0, 0.1) is 11.7 Å². The molecule has 106 valence electrons. The van der Waals surface area contributed by atoms with Crippen molar-refractivity contribution in [3.8, 4) is 0 Å². The van der Waals surface area contributed by atoms with E-state index in [2.05, 4.69) is 17.0 Å². The summed E-state index contributed by atoms with van der Waals surface area (Å²) >= 11 is 0. The molecule has 2 atom stereocenters. The van der Waals surface area contributed by atoms with Gasteiger partial charge in [0.05, 0.1) is 0 Å². The Morgan fingerprint density at radius 2 is 1.81 bits per heavy atom. The summed E-state index contributed by atoms with van der Waals surface area (Å²) in [7, 11) is 0. The van der Waals surface area contributed by atoms with Crippen LogP contribution in [0.4, 0.5) is 4.39 Å². The molecule has 1 fully saturated rings. The van der Waals surface area contributed by atoms with E-state index in [0.29, 0.717) is 0 Å². The van der Waals surface area contributed by atoms with Gasteiger partial charge in [0, 0.05) is 37.0 Å². The minimum absolute atomic E-state index is 0.00510. The van der Waals surface area contributed by atoms with Crippen molar-refractivity contribution in [1.82, 2.24) is 4.90 Å². The van der Waals surface area contributed by atoms with Gasteiger partial charge in [0.25, 0.3) is 0 Å². The van der Waals surface area contributed by atoms with Gasteiger partial charge in [0.15, 0.2) is 5.78 Å². The summed E-state index contributed by atoms with van der Waals surface area (Å²) in [6.45, 7) is 2.46. The quantitative estimate of drug-likeness (QED) is 0.842. The molecule has 1 aliphatic heterocycles. The number of fused-ring (bicyclic) bond motifs is 3. The number of benzene rings is 2. The maximum absolute atomic E-state index is 13.5. The lowest BCUT2D eigenvalue weighted by Gasteiger charge is -2.17. The molecule has 0 saturated carbocycles. The van der Waals surface area contributed by atoms with Gasteiger partial charge in [-0.05, 0) is 29.3 Å². The van der Waals surface area contributed by atoms with E-state index in [1.807, 2.05) is 18.2 Å². The van der Waals surface area contributed by atoms with Crippen LogP contribution in [0.5, 0.6) is 0 Å². The van der Waals surface area contributed by atoms with Crippen molar-refractivity contribution in [1.29, 1.82) is 0 Å². The highest BCUT2D eigenvalue weighted by Gasteiger charge is 2.45. The van der Waals surface area contributed by atoms with Crippen molar-refractivity contribution in [3.63, 3.8) is 0 Å². The summed E-state index contributed by atoms with van der Waals surface area (Å²) in [4.78, 5) is 14.7. The first-order chi connectivity index (χ1) is 10.2. The molecule has 1 saturated heterocycles. The van der Waals surface area contributed by atoms with Gasteiger partial charge in [-0.15, -0.1) is 0 Å². The Morgan fingerprint density at radius 3 is 2.62 bits per heavy atom. The Balaban J connectivity index is 1.58. The van der Waals surface area contributed by atoms with Gasteiger partial charge in [-0.25, -0.2) is 4.39 Å². The van der Waals surface area contributed by atoms with Gasteiger partial charge < -0.3 is 0 Å². The number of carbonyl (C=O) groups is 1. The molecule has 2 aromatic rings. The molecule has 0 bridgehead atoms. The summed E-state index contributed by atoms with van der Waals surface area (Å²) in [5, 5.41) is 0. The molecule has 2 aromatic carbocycles. The molecule has 0 amide bonds. The molecule has 0 spiro atoms. The standard InChI is InChI=1S/C18H16FNO/c19-13-6-7-14-15(8-13)16-10-20(11-17(16)18(14)21)9-12-4-2-1-3-5-12/h1-8,16-17H,9-11H2. The van der Waals surface area contributed by atoms with Crippen LogP contribution in [-0.4, -0.2) is 23.8 Å². The molecule has 1 aliphatic carbocycles. The molecular weight excluding hydrogens is 265 g/mol. The Hall–Kier alpha value is -2.00. The maximum Gasteiger partial charge on any atom is 0.168 e. The van der Waals surface area contributed by atoms with Crippen LogP contribution in [0.25, 0.3) is 0 Å². The van der Waals surface area contributed by atoms with Crippen molar-refractivity contribution < 1.29 is 9.18 Å². The lowest BCUT2D eigenvalue weighted by atomic mass is 9.96. The Kier molecular flexibility index (Phi) is 2.89. The summed E-state index contributed by atoms with van der Waals surface area (Å²) < 4.78 is 13.5. The zero-order valence-electron chi connectivity index (χ0n) is 11.6. The van der Waals surface area contributed by atoms with Crippen LogP contribution in [0.15, 0.2) is 48.5 Å². The van der Waals surface area contributed by atoms with Crippen LogP contribution in [0.2, 0.25) is 0 Å². The summed E-state index contributed by atoms with van der Waals surface area (Å²) in [5.41, 5.74) is 2.88. The summed E-state index contributed by atoms with van der Waals surface area (Å²) in [6.07, 6.45) is 0. The number of ketones is 1. The van der Waals surface area contributed by atoms with E-state index < -0.39 is 0 Å². The van der Waals surface area contributed by atoms with Crippen molar-refractivity contribution in [2.24, 2.45) is 5.92 Å². The average Bonchev–Trinajstić information content (AvgIpc) is 3.00. The number of rotatable bonds is 2. The zero-order chi connectivity index (χ0) is 14.4. The highest BCUT2D eigenvalue weighted by atomic mass is 19.1. The first-order valence-corrected chi connectivity index (χ1v) is 7.32. The molecule has 1 heterocycles. The monoisotopic (exact) mass is 281 g/mol. The first-order valence-electron chi connectivity index (χ1n) is 7.32. The predicted octanol–water partition coefficient (Wildman–Crippen LogP) is 3.24. The molecule has 2 aliphatic rings. The SMILES string of the molecule is O=C1c2ccc(F)cc2C2CN(Cc3ccccc3)CC12. The molecule has 0 aromatic heterocycles. The van der Waals surface area contributed by atoms with Crippen LogP contribution in [-0.2, 0) is 6.54 Å². The fourth-order valence-electron chi connectivity index (χ4n) is 3.70. The maximum atomic E-state index is 13.5. The zero-order valence-corrected chi connectivity index (χ0v) is 11.6. The predicted molar refractivity (Wildman–Crippen MR) is 78.7 cm³/mol. The number of carbonyl (C=O) groups excluding carboxylic acids is 1. The smallest absolute Gasteiger partial charge is 0.168 e. The van der Waals surface area contributed by atoms with Gasteiger partial charge in [-0.3, -0.25) is 9.69 Å². The third kappa shape index (κ3) is 2.09. The number of nitrogens with zero attached hydrogens (tertiary/aromatic N) is 1. The van der Waals surface area contributed by atoms with E-state index in [9.17, 15) is 9.18 Å². The van der Waals surface area contributed by atoms with Gasteiger partial charge in [-0.1, -0.05) is 30.3 Å². The van der Waals surface area contributed by atoms with Crippen molar-refractivity contribution in [3.05, 3.63) is 71.0 Å². The molecule has 2 nitrogen and oxygen atoms in total. The molecule has 3 heteroatoms. The number of hydrogen-bond donors (Lipinski definition) is 0. The van der Waals surface area contributed by atoms with Crippen molar-refractivity contribution in [2.45, 2.75) is 12.5 Å². The van der Waals surface area contributed by atoms with E-state index in [-0.39, 0.29) is 23.4 Å². The van der Waals surface area contributed by atoms with Gasteiger partial charge in [-0.2, -0.15) is 0 Å². The van der Waals surface area contributed by atoms with Crippen LogP contribution < -0.4 is 0 Å². The van der Waals surface area contributed by atoms with Crippen molar-refractivity contribution in [2.75, 3.05) is 13.1 Å². The minimum atomic E-state index is -0.247. The largest absolute Gasteiger partial charge is 0.298 e. The van der Waals surface area contributed by atoms with E-state index in [0.717, 1.165) is 30.8 Å². The fraction of sp³-hybridized carbons (Fsp3) is 0.278. The van der Waals surface area contributed by atoms with E-state index >= 15 is 0 Å². The highest BCUT2D eigenvalue weighted by molar-refractivity contribution is 6.03. The second-order valence-corrected chi connectivity index (χ2v) is 5.99. The molecular formula is C18H16FNO. The normalized spacial score (nSPS) is 24.1. The summed E-state index contributed by atoms with van der Waals surface area (Å²) in [6, 6.07) is 14.8. The molecule has 0 radical (unpaired) electrons. The lowest BCUT2D eigenvalue weighted by molar-refractivity contribution is 0.0931. The highest BCUT2D eigenvalue weighted by Crippen LogP contribution is 2.43. The van der Waals surface area contributed by atoms with Crippen molar-refractivity contribution >= 4 is 5.78 Å². The Morgan fingerprint density at radius 1 is 1.05 bits per heavy atom. The van der Waals surface area contributed by atoms with Gasteiger partial charge >= 0.3 is 0 Å². The summed E-state index contributed by atoms with van der Waals surface area (Å²) in [5.74, 6) is 0.103. The van der Waals surface area contributed by atoms with E-state index in [1.165, 1.54) is 11.6 Å². The number of Topliss-reactive ketones (excluding diaryl/α,β-unsaturated/α-hetero) is 1. The molecule has 2 unspecified atom stereocenters. The third-order valence-corrected chi connectivity index (χ3v) is 4.66. The molecule has 4 rings (SSSR count). The fourth-order valence-corrected chi connectivity index (χ4v) is 3.70. The van der Waals surface area contributed by atoms with Gasteiger partial charge in [0.2, 0.25) is 0 Å². The first kappa shape index (κ1) is 12.7. The lowest BCUT2D eigenvalue weighted by Crippen LogP contribution is -2.23. The number of halogens is 1. The third-order valence-electron chi connectivity index (χ3n) is 4.66. The van der Waals surface area contributed by atoms with E-state index in [1.54, 1.807) is 12.1 Å².